The molecule has 0 atom stereocenters. The summed E-state index contributed by atoms with van der Waals surface area (Å²) in [7, 11) is 1.13. The average molecular weight is 601 g/mol. The van der Waals surface area contributed by atoms with Crippen LogP contribution in [0.1, 0.15) is 49.1 Å². The van der Waals surface area contributed by atoms with Gasteiger partial charge in [-0.3, -0.25) is 9.59 Å². The van der Waals surface area contributed by atoms with E-state index in [1.54, 1.807) is 31.2 Å². The standard InChI is InChI=1S/C26H20ClF3N8O4/c1-14-7-15(11-31)8-18(23(40)12-32-25(41)42-2)17(14)10-22(39)21-9-16(13-37-35-24(33-36-37)26(28,29)30)34-38(21)20-6-4-3-5-19(20)27/h3-9H,10,12-13H2,1-2H3,(H,32,41). The van der Waals surface area contributed by atoms with Gasteiger partial charge in [0.25, 0.3) is 5.82 Å². The Hall–Kier alpha value is -5.10. The summed E-state index contributed by atoms with van der Waals surface area (Å²) in [6.45, 7) is 0.827. The number of nitrogens with one attached hydrogen (secondary N) is 1. The number of aromatic nitrogens is 6. The Morgan fingerprint density at radius 3 is 2.50 bits per heavy atom. The predicted octanol–water partition coefficient (Wildman–Crippen LogP) is 3.72. The van der Waals surface area contributed by atoms with Crippen LogP contribution in [0.15, 0.2) is 42.5 Å². The van der Waals surface area contributed by atoms with Crippen LogP contribution in [0.3, 0.4) is 0 Å². The lowest BCUT2D eigenvalue weighted by Gasteiger charge is -2.14. The Balaban J connectivity index is 1.73. The molecule has 0 radical (unpaired) electrons. The molecule has 0 fully saturated rings. The molecule has 2 aromatic carbocycles. The molecule has 0 saturated carbocycles. The van der Waals surface area contributed by atoms with Gasteiger partial charge in [0, 0.05) is 12.0 Å². The third-order valence-corrected chi connectivity index (χ3v) is 6.27. The van der Waals surface area contributed by atoms with E-state index in [1.165, 1.54) is 22.9 Å². The maximum absolute atomic E-state index is 13.7. The minimum absolute atomic E-state index is 0.00380. The zero-order valence-corrected chi connectivity index (χ0v) is 22.7. The molecule has 0 saturated heterocycles. The van der Waals surface area contributed by atoms with Crippen LogP contribution in [0.5, 0.6) is 0 Å². The second-order valence-electron chi connectivity index (χ2n) is 8.82. The number of amides is 1. The molecule has 12 nitrogen and oxygen atoms in total. The maximum atomic E-state index is 13.7. The van der Waals surface area contributed by atoms with Gasteiger partial charge in [0.2, 0.25) is 0 Å². The lowest BCUT2D eigenvalue weighted by molar-refractivity contribution is -0.145. The highest BCUT2D eigenvalue weighted by molar-refractivity contribution is 6.32. The first-order valence-corrected chi connectivity index (χ1v) is 12.4. The van der Waals surface area contributed by atoms with Crippen molar-refractivity contribution in [1.29, 1.82) is 5.26 Å². The van der Waals surface area contributed by atoms with Crippen LogP contribution >= 0.6 is 11.6 Å². The van der Waals surface area contributed by atoms with E-state index in [9.17, 15) is 32.8 Å². The minimum atomic E-state index is -4.79. The second-order valence-corrected chi connectivity index (χ2v) is 9.23. The molecule has 2 heterocycles. The first-order chi connectivity index (χ1) is 19.9. The van der Waals surface area contributed by atoms with Gasteiger partial charge < -0.3 is 10.1 Å². The summed E-state index contributed by atoms with van der Waals surface area (Å²) in [6, 6.07) is 12.6. The smallest absolute Gasteiger partial charge is 0.453 e. The normalized spacial score (nSPS) is 11.2. The van der Waals surface area contributed by atoms with Crippen molar-refractivity contribution in [3.05, 3.63) is 87.0 Å². The van der Waals surface area contributed by atoms with Crippen molar-refractivity contribution < 1.29 is 32.3 Å². The van der Waals surface area contributed by atoms with Crippen molar-refractivity contribution in [3.63, 3.8) is 0 Å². The summed E-state index contributed by atoms with van der Waals surface area (Å²) >= 11 is 6.36. The number of aryl methyl sites for hydroxylation is 1. The van der Waals surface area contributed by atoms with Crippen LogP contribution in [0, 0.1) is 18.3 Å². The molecule has 4 aromatic rings. The van der Waals surface area contributed by atoms with Gasteiger partial charge in [-0.1, -0.05) is 23.7 Å². The molecule has 16 heteroatoms. The Morgan fingerprint density at radius 1 is 1.12 bits per heavy atom. The number of alkyl carbamates (subject to hydrolysis) is 1. The molecule has 1 N–H and O–H groups in total. The Kier molecular flexibility index (Phi) is 8.67. The van der Waals surface area contributed by atoms with E-state index in [4.69, 9.17) is 11.6 Å². The number of hydrogen-bond acceptors (Lipinski definition) is 9. The fraction of sp³-hybridized carbons (Fsp3) is 0.231. The van der Waals surface area contributed by atoms with Crippen molar-refractivity contribution in [3.8, 4) is 11.8 Å². The average Bonchev–Trinajstić information content (AvgIpc) is 3.60. The quantitative estimate of drug-likeness (QED) is 0.283. The molecule has 0 aliphatic rings. The molecule has 1 amide bonds. The summed E-state index contributed by atoms with van der Waals surface area (Å²) in [5.41, 5.74) is 1.44. The van der Waals surface area contributed by atoms with Crippen LogP contribution in [0.25, 0.3) is 5.69 Å². The molecule has 42 heavy (non-hydrogen) atoms. The van der Waals surface area contributed by atoms with E-state index < -0.39 is 36.2 Å². The highest BCUT2D eigenvalue weighted by Gasteiger charge is 2.37. The number of benzene rings is 2. The van der Waals surface area contributed by atoms with Crippen LogP contribution < -0.4 is 5.32 Å². The van der Waals surface area contributed by atoms with Crippen LogP contribution in [-0.4, -0.2) is 61.3 Å². The van der Waals surface area contributed by atoms with Crippen molar-refractivity contribution in [2.75, 3.05) is 13.7 Å². The number of tetrazole rings is 1. The monoisotopic (exact) mass is 600 g/mol. The SMILES string of the molecule is COC(=O)NCC(=O)c1cc(C#N)cc(C)c1CC(=O)c1cc(Cn2nnc(C(F)(F)F)n2)nn1-c1ccccc1Cl. The molecular formula is C26H20ClF3N8O4. The minimum Gasteiger partial charge on any atom is -0.453 e. The van der Waals surface area contributed by atoms with Crippen LogP contribution in [0.2, 0.25) is 5.02 Å². The number of carbonyl (C=O) groups is 3. The molecule has 216 valence electrons. The summed E-state index contributed by atoms with van der Waals surface area (Å²) < 4.78 is 44.5. The van der Waals surface area contributed by atoms with Gasteiger partial charge in [-0.05, 0) is 53.6 Å². The number of Topliss-reactive ketones (excluding diaryl/α,β-unsaturated/α-hetero) is 2. The van der Waals surface area contributed by atoms with Gasteiger partial charge in [0.1, 0.15) is 12.2 Å². The number of halogens is 4. The fourth-order valence-corrected chi connectivity index (χ4v) is 4.23. The van der Waals surface area contributed by atoms with E-state index in [-0.39, 0.29) is 40.5 Å². The van der Waals surface area contributed by atoms with Crippen molar-refractivity contribution in [1.82, 2.24) is 35.3 Å². The number of alkyl halides is 3. The van der Waals surface area contributed by atoms with Crippen LogP contribution in [0.4, 0.5) is 18.0 Å². The predicted molar refractivity (Wildman–Crippen MR) is 139 cm³/mol. The van der Waals surface area contributed by atoms with Gasteiger partial charge in [-0.15, -0.1) is 10.2 Å². The molecule has 0 aliphatic heterocycles. The van der Waals surface area contributed by atoms with Crippen molar-refractivity contribution >= 4 is 29.3 Å². The van der Waals surface area contributed by atoms with E-state index in [2.05, 4.69) is 30.6 Å². The zero-order chi connectivity index (χ0) is 30.6. The number of ether oxygens (including phenoxy) is 1. The Bertz CT molecular complexity index is 1730. The van der Waals surface area contributed by atoms with Crippen molar-refractivity contribution in [2.45, 2.75) is 26.1 Å². The van der Waals surface area contributed by atoms with Crippen LogP contribution in [-0.2, 0) is 23.9 Å². The van der Waals surface area contributed by atoms with Gasteiger partial charge in [-0.2, -0.15) is 28.3 Å². The number of carbonyl (C=O) groups excluding carboxylic acids is 3. The summed E-state index contributed by atoms with van der Waals surface area (Å²) in [6.07, 6.45) is -5.96. The first-order valence-electron chi connectivity index (χ1n) is 12.0. The van der Waals surface area contributed by atoms with E-state index in [0.717, 1.165) is 7.11 Å². The van der Waals surface area contributed by atoms with E-state index in [1.807, 2.05) is 6.07 Å². The number of nitrogens with zero attached hydrogens (tertiary/aromatic N) is 7. The molecular weight excluding hydrogens is 581 g/mol. The highest BCUT2D eigenvalue weighted by Crippen LogP contribution is 2.26. The number of ketones is 2. The number of para-hydroxylation sites is 1. The van der Waals surface area contributed by atoms with Gasteiger partial charge in [0.05, 0.1) is 41.7 Å². The summed E-state index contributed by atoms with van der Waals surface area (Å²) in [5, 5.41) is 26.0. The molecule has 0 aliphatic carbocycles. The molecule has 0 bridgehead atoms. The molecule has 0 spiro atoms. The second kappa shape index (κ2) is 12.2. The lowest BCUT2D eigenvalue weighted by Crippen LogP contribution is -2.30. The highest BCUT2D eigenvalue weighted by atomic mass is 35.5. The number of methoxy groups -OCH3 is 1. The summed E-state index contributed by atoms with van der Waals surface area (Å²) in [5.74, 6) is -2.53. The largest absolute Gasteiger partial charge is 0.455 e. The topological polar surface area (TPSA) is 158 Å². The maximum Gasteiger partial charge on any atom is 0.455 e. The number of rotatable bonds is 9. The summed E-state index contributed by atoms with van der Waals surface area (Å²) in [4.78, 5) is 38.9. The molecule has 2 aromatic heterocycles. The zero-order valence-electron chi connectivity index (χ0n) is 21.9. The number of nitriles is 1. The fourth-order valence-electron chi connectivity index (χ4n) is 4.02. The third-order valence-electron chi connectivity index (χ3n) is 5.95. The molecule has 0 unspecified atom stereocenters. The number of hydrogen-bond donors (Lipinski definition) is 1. The Labute approximate surface area is 240 Å². The van der Waals surface area contributed by atoms with Crippen molar-refractivity contribution in [2.24, 2.45) is 0 Å². The van der Waals surface area contributed by atoms with E-state index >= 15 is 0 Å². The Morgan fingerprint density at radius 2 is 1.86 bits per heavy atom. The van der Waals surface area contributed by atoms with E-state index in [0.29, 0.717) is 21.6 Å². The first kappa shape index (κ1) is 29.9. The molecule has 4 rings (SSSR count). The van der Waals surface area contributed by atoms with Gasteiger partial charge >= 0.3 is 12.3 Å². The van der Waals surface area contributed by atoms with Gasteiger partial charge in [0.15, 0.2) is 11.6 Å². The third kappa shape index (κ3) is 6.61. The lowest BCUT2D eigenvalue weighted by atomic mass is 9.92. The van der Waals surface area contributed by atoms with Gasteiger partial charge in [-0.25, -0.2) is 9.48 Å².